The van der Waals surface area contributed by atoms with Gasteiger partial charge in [0, 0.05) is 13.0 Å². The van der Waals surface area contributed by atoms with Gasteiger partial charge in [-0.2, -0.15) is 0 Å². The van der Waals surface area contributed by atoms with E-state index in [9.17, 15) is 4.79 Å². The molecule has 0 atom stereocenters. The molecule has 1 aromatic carbocycles. The molecule has 2 aliphatic heterocycles. The number of hydrogen-bond donors (Lipinski definition) is 0. The van der Waals surface area contributed by atoms with E-state index in [2.05, 4.69) is 0 Å². The van der Waals surface area contributed by atoms with Crippen LogP contribution in [0.3, 0.4) is 0 Å². The van der Waals surface area contributed by atoms with E-state index >= 15 is 0 Å². The summed E-state index contributed by atoms with van der Waals surface area (Å²) in [5, 5.41) is 0. The third-order valence-electron chi connectivity index (χ3n) is 3.78. The Hall–Kier alpha value is -1.39. The predicted molar refractivity (Wildman–Crippen MR) is 70.6 cm³/mol. The van der Waals surface area contributed by atoms with Gasteiger partial charge in [-0.1, -0.05) is 30.3 Å². The molecule has 2 aliphatic rings. The van der Waals surface area contributed by atoms with E-state index < -0.39 is 5.79 Å². The number of hydrogen-bond acceptors (Lipinski definition) is 3. The molecule has 1 spiro atoms. The van der Waals surface area contributed by atoms with E-state index in [0.29, 0.717) is 26.2 Å². The molecule has 19 heavy (non-hydrogen) atoms. The van der Waals surface area contributed by atoms with Crippen molar-refractivity contribution in [3.05, 3.63) is 35.9 Å². The van der Waals surface area contributed by atoms with E-state index in [4.69, 9.17) is 9.47 Å². The highest BCUT2D eigenvalue weighted by Gasteiger charge is 2.41. The molecule has 1 aromatic rings. The number of carbonyl (C=O) groups is 1. The summed E-state index contributed by atoms with van der Waals surface area (Å²) in [5.41, 5.74) is 1.06. The van der Waals surface area contributed by atoms with Gasteiger partial charge in [-0.15, -0.1) is 0 Å². The molecule has 102 valence electrons. The van der Waals surface area contributed by atoms with Crippen LogP contribution in [0.5, 0.6) is 0 Å². The molecule has 0 bridgehead atoms. The zero-order valence-electron chi connectivity index (χ0n) is 11.0. The Kier molecular flexibility index (Phi) is 3.53. The van der Waals surface area contributed by atoms with Crippen molar-refractivity contribution in [2.45, 2.75) is 25.0 Å². The van der Waals surface area contributed by atoms with Gasteiger partial charge in [0.1, 0.15) is 0 Å². The second kappa shape index (κ2) is 5.31. The van der Waals surface area contributed by atoms with Crippen LogP contribution in [-0.4, -0.2) is 42.9 Å². The SMILES string of the molecule is O=C(Cc1ccccc1)N1CCCC2(C1)OCCO2. The van der Waals surface area contributed by atoms with Crippen LogP contribution in [0.2, 0.25) is 0 Å². The molecule has 0 radical (unpaired) electrons. The van der Waals surface area contributed by atoms with Gasteiger partial charge in [-0.25, -0.2) is 0 Å². The van der Waals surface area contributed by atoms with Crippen molar-refractivity contribution in [3.63, 3.8) is 0 Å². The highest BCUT2D eigenvalue weighted by atomic mass is 16.7. The molecule has 2 heterocycles. The van der Waals surface area contributed by atoms with Crippen LogP contribution in [0.15, 0.2) is 30.3 Å². The smallest absolute Gasteiger partial charge is 0.227 e. The average molecular weight is 261 g/mol. The number of rotatable bonds is 2. The summed E-state index contributed by atoms with van der Waals surface area (Å²) in [6.07, 6.45) is 2.29. The number of amides is 1. The Morgan fingerprint density at radius 3 is 2.68 bits per heavy atom. The van der Waals surface area contributed by atoms with Crippen molar-refractivity contribution in [1.29, 1.82) is 0 Å². The Morgan fingerprint density at radius 2 is 1.95 bits per heavy atom. The van der Waals surface area contributed by atoms with Gasteiger partial charge < -0.3 is 14.4 Å². The maximum atomic E-state index is 12.3. The van der Waals surface area contributed by atoms with Crippen molar-refractivity contribution in [2.24, 2.45) is 0 Å². The van der Waals surface area contributed by atoms with Crippen molar-refractivity contribution >= 4 is 5.91 Å². The Bertz CT molecular complexity index is 440. The molecule has 0 aliphatic carbocycles. The van der Waals surface area contributed by atoms with E-state index in [1.54, 1.807) is 0 Å². The first kappa shape index (κ1) is 12.6. The van der Waals surface area contributed by atoms with Gasteiger partial charge in [0.25, 0.3) is 0 Å². The normalized spacial score (nSPS) is 21.8. The number of nitrogens with zero attached hydrogens (tertiary/aromatic N) is 1. The first-order valence-electron chi connectivity index (χ1n) is 6.87. The van der Waals surface area contributed by atoms with Crippen molar-refractivity contribution in [2.75, 3.05) is 26.3 Å². The van der Waals surface area contributed by atoms with Crippen LogP contribution >= 0.6 is 0 Å². The van der Waals surface area contributed by atoms with E-state index in [1.165, 1.54) is 0 Å². The summed E-state index contributed by atoms with van der Waals surface area (Å²) in [7, 11) is 0. The van der Waals surface area contributed by atoms with Crippen LogP contribution in [-0.2, 0) is 20.7 Å². The molecule has 1 amide bonds. The van der Waals surface area contributed by atoms with Gasteiger partial charge >= 0.3 is 0 Å². The van der Waals surface area contributed by atoms with Crippen LogP contribution in [0.1, 0.15) is 18.4 Å². The third kappa shape index (κ3) is 2.80. The van der Waals surface area contributed by atoms with Crippen molar-refractivity contribution in [3.8, 4) is 0 Å². The molecular formula is C15H19NO3. The number of benzene rings is 1. The highest BCUT2D eigenvalue weighted by molar-refractivity contribution is 5.79. The quantitative estimate of drug-likeness (QED) is 0.811. The van der Waals surface area contributed by atoms with Gasteiger partial charge in [0.05, 0.1) is 26.2 Å². The van der Waals surface area contributed by atoms with Crippen LogP contribution in [0.25, 0.3) is 0 Å². The molecule has 4 nitrogen and oxygen atoms in total. The highest BCUT2D eigenvalue weighted by Crippen LogP contribution is 2.30. The maximum Gasteiger partial charge on any atom is 0.227 e. The molecule has 0 N–H and O–H groups in total. The molecule has 2 saturated heterocycles. The van der Waals surface area contributed by atoms with E-state index in [-0.39, 0.29) is 5.91 Å². The summed E-state index contributed by atoms with van der Waals surface area (Å²) in [5.74, 6) is -0.366. The van der Waals surface area contributed by atoms with Crippen LogP contribution < -0.4 is 0 Å². The molecule has 0 unspecified atom stereocenters. The molecule has 2 fully saturated rings. The third-order valence-corrected chi connectivity index (χ3v) is 3.78. The molecular weight excluding hydrogens is 242 g/mol. The average Bonchev–Trinajstić information content (AvgIpc) is 2.88. The first-order chi connectivity index (χ1) is 9.27. The summed E-state index contributed by atoms with van der Waals surface area (Å²) in [6.45, 7) is 2.65. The van der Waals surface area contributed by atoms with Crippen LogP contribution in [0, 0.1) is 0 Å². The van der Waals surface area contributed by atoms with Gasteiger partial charge in [-0.05, 0) is 12.0 Å². The van der Waals surface area contributed by atoms with Crippen molar-refractivity contribution in [1.82, 2.24) is 4.90 Å². The lowest BCUT2D eigenvalue weighted by Crippen LogP contribution is -2.51. The molecule has 0 aromatic heterocycles. The zero-order chi connectivity index (χ0) is 13.1. The summed E-state index contributed by atoms with van der Waals surface area (Å²) >= 11 is 0. The number of ether oxygens (including phenoxy) is 2. The minimum Gasteiger partial charge on any atom is -0.346 e. The summed E-state index contributed by atoms with van der Waals surface area (Å²) in [6, 6.07) is 9.86. The standard InChI is InChI=1S/C15H19NO3/c17-14(11-13-5-2-1-3-6-13)16-8-4-7-15(12-16)18-9-10-19-15/h1-3,5-6H,4,7-12H2. The van der Waals surface area contributed by atoms with Crippen molar-refractivity contribution < 1.29 is 14.3 Å². The fourth-order valence-electron chi connectivity index (χ4n) is 2.82. The minimum absolute atomic E-state index is 0.157. The second-order valence-electron chi connectivity index (χ2n) is 5.19. The minimum atomic E-state index is -0.523. The lowest BCUT2D eigenvalue weighted by molar-refractivity contribution is -0.192. The van der Waals surface area contributed by atoms with Gasteiger partial charge in [0.2, 0.25) is 5.91 Å². The van der Waals surface area contributed by atoms with E-state index in [0.717, 1.165) is 24.9 Å². The fraction of sp³-hybridized carbons (Fsp3) is 0.533. The molecule has 0 saturated carbocycles. The molecule has 4 heteroatoms. The summed E-state index contributed by atoms with van der Waals surface area (Å²) < 4.78 is 11.4. The Morgan fingerprint density at radius 1 is 1.21 bits per heavy atom. The summed E-state index contributed by atoms with van der Waals surface area (Å²) in [4.78, 5) is 14.2. The van der Waals surface area contributed by atoms with E-state index in [1.807, 2.05) is 35.2 Å². The Balaban J connectivity index is 1.63. The predicted octanol–water partition coefficient (Wildman–Crippen LogP) is 1.59. The Labute approximate surface area is 113 Å². The number of likely N-dealkylation sites (tertiary alicyclic amines) is 1. The fourth-order valence-corrected chi connectivity index (χ4v) is 2.82. The number of piperidine rings is 1. The molecule has 3 rings (SSSR count). The van der Waals surface area contributed by atoms with Gasteiger partial charge in [-0.3, -0.25) is 4.79 Å². The second-order valence-corrected chi connectivity index (χ2v) is 5.19. The lowest BCUT2D eigenvalue weighted by atomic mass is 10.0. The lowest BCUT2D eigenvalue weighted by Gasteiger charge is -2.38. The van der Waals surface area contributed by atoms with Crippen LogP contribution in [0.4, 0.5) is 0 Å². The van der Waals surface area contributed by atoms with Gasteiger partial charge in [0.15, 0.2) is 5.79 Å². The zero-order valence-corrected chi connectivity index (χ0v) is 11.0. The largest absolute Gasteiger partial charge is 0.346 e. The monoisotopic (exact) mass is 261 g/mol. The number of carbonyl (C=O) groups excluding carboxylic acids is 1. The maximum absolute atomic E-state index is 12.3. The first-order valence-corrected chi connectivity index (χ1v) is 6.87. The topological polar surface area (TPSA) is 38.8 Å².